The Hall–Kier alpha value is -1.06. The predicted molar refractivity (Wildman–Crippen MR) is 68.3 cm³/mol. The molecule has 20 heavy (non-hydrogen) atoms. The third-order valence-electron chi connectivity index (χ3n) is 7.21. The van der Waals surface area contributed by atoms with Crippen molar-refractivity contribution in [1.82, 2.24) is 0 Å². The van der Waals surface area contributed by atoms with Crippen molar-refractivity contribution in [2.24, 2.45) is 46.3 Å². The van der Waals surface area contributed by atoms with Crippen LogP contribution in [0.5, 0.6) is 0 Å². The normalized spacial score (nSPS) is 57.1. The molecule has 0 amide bonds. The average Bonchev–Trinajstić information content (AvgIpc) is 2.49. The molecule has 0 aromatic carbocycles. The molecule has 4 nitrogen and oxygen atoms in total. The van der Waals surface area contributed by atoms with E-state index in [1.807, 2.05) is 13.8 Å². The van der Waals surface area contributed by atoms with Gasteiger partial charge in [0.2, 0.25) is 0 Å². The fourth-order valence-electron chi connectivity index (χ4n) is 6.98. The van der Waals surface area contributed by atoms with E-state index in [9.17, 15) is 9.59 Å². The number of hydrogen-bond donors (Lipinski definition) is 0. The van der Waals surface area contributed by atoms with Crippen LogP contribution in [0.1, 0.15) is 26.7 Å². The molecule has 6 saturated carbocycles. The molecule has 0 atom stereocenters. The summed E-state index contributed by atoms with van der Waals surface area (Å²) < 4.78 is 10.8. The van der Waals surface area contributed by atoms with Crippen molar-refractivity contribution >= 4 is 11.9 Å². The van der Waals surface area contributed by atoms with Crippen LogP contribution >= 0.6 is 0 Å². The average molecular weight is 276 g/mol. The molecule has 0 saturated heterocycles. The van der Waals surface area contributed by atoms with E-state index in [4.69, 9.17) is 9.47 Å². The summed E-state index contributed by atoms with van der Waals surface area (Å²) in [6.45, 7) is 5.12. The van der Waals surface area contributed by atoms with Crippen molar-refractivity contribution in [3.8, 4) is 0 Å². The zero-order valence-electron chi connectivity index (χ0n) is 11.9. The van der Waals surface area contributed by atoms with Crippen LogP contribution in [0, 0.1) is 46.3 Å². The van der Waals surface area contributed by atoms with Gasteiger partial charge >= 0.3 is 11.9 Å². The SMILES string of the molecule is CCCOC(=O)C12C3C4C1C1C2C3C41C(=O)OCCC. The highest BCUT2D eigenvalue weighted by Gasteiger charge is 3.13. The first-order chi connectivity index (χ1) is 9.69. The van der Waals surface area contributed by atoms with Crippen LogP contribution < -0.4 is 0 Å². The fraction of sp³-hybridized carbons (Fsp3) is 0.875. The van der Waals surface area contributed by atoms with Crippen LogP contribution in [0.2, 0.25) is 0 Å². The highest BCUT2D eigenvalue weighted by molar-refractivity contribution is 5.96. The Morgan fingerprint density at radius 3 is 1.30 bits per heavy atom. The van der Waals surface area contributed by atoms with Gasteiger partial charge < -0.3 is 9.47 Å². The third-order valence-corrected chi connectivity index (χ3v) is 7.21. The van der Waals surface area contributed by atoms with Gasteiger partial charge in [0.1, 0.15) is 0 Å². The minimum absolute atomic E-state index is 0.0401. The quantitative estimate of drug-likeness (QED) is 0.692. The Kier molecular flexibility index (Phi) is 1.78. The number of carbonyl (C=O) groups is 2. The molecule has 0 heterocycles. The van der Waals surface area contributed by atoms with Gasteiger partial charge in [-0.2, -0.15) is 0 Å². The molecule has 6 rings (SSSR count). The number of ether oxygens (including phenoxy) is 2. The van der Waals surface area contributed by atoms with Crippen molar-refractivity contribution in [2.75, 3.05) is 13.2 Å². The summed E-state index contributed by atoms with van der Waals surface area (Å²) in [7, 11) is 0. The molecule has 6 aliphatic rings. The molecule has 6 fully saturated rings. The van der Waals surface area contributed by atoms with Gasteiger partial charge in [-0.25, -0.2) is 0 Å². The maximum atomic E-state index is 12.3. The van der Waals surface area contributed by atoms with Crippen LogP contribution in [-0.4, -0.2) is 25.2 Å². The topological polar surface area (TPSA) is 52.6 Å². The molecule has 0 N–H and O–H groups in total. The van der Waals surface area contributed by atoms with Crippen molar-refractivity contribution in [3.63, 3.8) is 0 Å². The van der Waals surface area contributed by atoms with Crippen LogP contribution in [0.3, 0.4) is 0 Å². The Morgan fingerprint density at radius 1 is 0.750 bits per heavy atom. The van der Waals surface area contributed by atoms with E-state index < -0.39 is 0 Å². The van der Waals surface area contributed by atoms with E-state index in [0.29, 0.717) is 48.7 Å². The number of rotatable bonds is 6. The highest BCUT2D eigenvalue weighted by Crippen LogP contribution is 3.10. The molecular formula is C16H20O4. The molecule has 108 valence electrons. The van der Waals surface area contributed by atoms with E-state index in [2.05, 4.69) is 0 Å². The summed E-state index contributed by atoms with van der Waals surface area (Å²) in [4.78, 5) is 24.6. The lowest BCUT2D eigenvalue weighted by Crippen LogP contribution is -3.12. The van der Waals surface area contributed by atoms with Gasteiger partial charge in [0.15, 0.2) is 0 Å². The predicted octanol–water partition coefficient (Wildman–Crippen LogP) is 1.63. The van der Waals surface area contributed by atoms with Gasteiger partial charge in [-0.05, 0) is 48.3 Å². The second-order valence-electron chi connectivity index (χ2n) is 7.29. The molecule has 6 aliphatic carbocycles. The molecule has 0 unspecified atom stereocenters. The standard InChI is InChI=1S/C16H20O4/c1-3-5-19-13(17)15-7-10-8(15)12-9(15)11(7)16(10,12)14(18)20-6-4-2/h7-12H,3-6H2,1-2H3. The van der Waals surface area contributed by atoms with Crippen molar-refractivity contribution in [2.45, 2.75) is 26.7 Å². The van der Waals surface area contributed by atoms with E-state index in [1.165, 1.54) is 0 Å². The lowest BCUT2D eigenvalue weighted by Gasteiger charge is -3.08. The molecule has 0 aromatic rings. The summed E-state index contributed by atoms with van der Waals surface area (Å²) in [6, 6.07) is 0. The number of hydrogen-bond acceptors (Lipinski definition) is 4. The van der Waals surface area contributed by atoms with Gasteiger partial charge in [0.05, 0.1) is 24.0 Å². The number of esters is 2. The van der Waals surface area contributed by atoms with E-state index in [1.54, 1.807) is 0 Å². The Balaban J connectivity index is 1.32. The van der Waals surface area contributed by atoms with Crippen LogP contribution in [0.15, 0.2) is 0 Å². The fourth-order valence-corrected chi connectivity index (χ4v) is 6.98. The monoisotopic (exact) mass is 276 g/mol. The van der Waals surface area contributed by atoms with Gasteiger partial charge in [0.25, 0.3) is 0 Å². The lowest BCUT2D eigenvalue weighted by molar-refractivity contribution is -0.628. The summed E-state index contributed by atoms with van der Waals surface area (Å²) in [5.41, 5.74) is -0.274. The zero-order chi connectivity index (χ0) is 13.9. The maximum absolute atomic E-state index is 12.3. The van der Waals surface area contributed by atoms with Crippen LogP contribution in [-0.2, 0) is 19.1 Å². The highest BCUT2D eigenvalue weighted by atomic mass is 16.5. The summed E-state index contributed by atoms with van der Waals surface area (Å²) in [5, 5.41) is 0. The van der Waals surface area contributed by atoms with Crippen molar-refractivity contribution < 1.29 is 19.1 Å². The minimum Gasteiger partial charge on any atom is -0.465 e. The second kappa shape index (κ2) is 3.07. The largest absolute Gasteiger partial charge is 0.465 e. The molecule has 0 spiro atoms. The molecule has 0 bridgehead atoms. The first-order valence-electron chi connectivity index (χ1n) is 8.04. The first kappa shape index (κ1) is 11.6. The zero-order valence-corrected chi connectivity index (χ0v) is 11.9. The summed E-state index contributed by atoms with van der Waals surface area (Å²) in [6.07, 6.45) is 1.76. The molecule has 0 aliphatic heterocycles. The van der Waals surface area contributed by atoms with E-state index in [0.717, 1.165) is 12.8 Å². The van der Waals surface area contributed by atoms with Crippen molar-refractivity contribution in [1.29, 1.82) is 0 Å². The van der Waals surface area contributed by atoms with Crippen molar-refractivity contribution in [3.05, 3.63) is 0 Å². The Bertz CT molecular complexity index is 435. The van der Waals surface area contributed by atoms with Crippen LogP contribution in [0.4, 0.5) is 0 Å². The molecule has 0 radical (unpaired) electrons. The Labute approximate surface area is 118 Å². The van der Waals surface area contributed by atoms with Gasteiger partial charge in [-0.1, -0.05) is 13.8 Å². The maximum Gasteiger partial charge on any atom is 0.312 e. The summed E-state index contributed by atoms with van der Waals surface area (Å²) >= 11 is 0. The molecule has 4 heteroatoms. The van der Waals surface area contributed by atoms with Crippen LogP contribution in [0.25, 0.3) is 0 Å². The second-order valence-corrected chi connectivity index (χ2v) is 7.29. The van der Waals surface area contributed by atoms with E-state index in [-0.39, 0.29) is 22.8 Å². The smallest absolute Gasteiger partial charge is 0.312 e. The number of carbonyl (C=O) groups excluding carboxylic acids is 2. The first-order valence-corrected chi connectivity index (χ1v) is 8.04. The minimum atomic E-state index is -0.137. The van der Waals surface area contributed by atoms with E-state index >= 15 is 0 Å². The molecular weight excluding hydrogens is 256 g/mol. The third kappa shape index (κ3) is 0.691. The lowest BCUT2D eigenvalue weighted by atomic mass is 8.92. The van der Waals surface area contributed by atoms with Gasteiger partial charge in [0, 0.05) is 0 Å². The molecule has 0 aromatic heterocycles. The van der Waals surface area contributed by atoms with Gasteiger partial charge in [-0.15, -0.1) is 0 Å². The summed E-state index contributed by atoms with van der Waals surface area (Å²) in [5.74, 6) is 2.84. The van der Waals surface area contributed by atoms with Gasteiger partial charge in [-0.3, -0.25) is 9.59 Å². The Morgan fingerprint density at radius 2 is 1.05 bits per heavy atom.